The minimum Gasteiger partial charge on any atom is -0.224 e. The summed E-state index contributed by atoms with van der Waals surface area (Å²) in [5.41, 5.74) is 0. The summed E-state index contributed by atoms with van der Waals surface area (Å²) >= 11 is 6.47. The van der Waals surface area contributed by atoms with Crippen molar-refractivity contribution in [1.29, 1.82) is 0 Å². The monoisotopic (exact) mass is 197 g/mol. The van der Waals surface area contributed by atoms with Gasteiger partial charge in [0.15, 0.2) is 0 Å². The molecule has 1 aromatic heterocycles. The zero-order valence-corrected chi connectivity index (χ0v) is 7.13. The van der Waals surface area contributed by atoms with Gasteiger partial charge in [-0.05, 0) is 6.07 Å². The van der Waals surface area contributed by atoms with Crippen LogP contribution in [-0.2, 0) is 10.0 Å². The van der Waals surface area contributed by atoms with Crippen LogP contribution in [0.15, 0.2) is 15.7 Å². The molecule has 0 aliphatic carbocycles. The molecule has 0 amide bonds. The van der Waals surface area contributed by atoms with Crippen LogP contribution in [0.5, 0.6) is 0 Å². The van der Waals surface area contributed by atoms with Gasteiger partial charge >= 0.3 is 0 Å². The maximum absolute atomic E-state index is 10.6. The topological polar surface area (TPSA) is 60.2 Å². The Morgan fingerprint density at radius 2 is 2.20 bits per heavy atom. The molecule has 0 aliphatic rings. The number of rotatable bonds is 1. The number of nitrogens with two attached hydrogens (primary N) is 1. The van der Waals surface area contributed by atoms with E-state index in [2.05, 4.69) is 0 Å². The van der Waals surface area contributed by atoms with Gasteiger partial charge in [0.1, 0.15) is 4.21 Å². The van der Waals surface area contributed by atoms with Crippen LogP contribution in [0.4, 0.5) is 0 Å². The lowest BCUT2D eigenvalue weighted by Gasteiger charge is -1.86. The van der Waals surface area contributed by atoms with Crippen molar-refractivity contribution in [3.63, 3.8) is 0 Å². The molecule has 2 N–H and O–H groups in total. The van der Waals surface area contributed by atoms with E-state index in [0.717, 1.165) is 11.3 Å². The Morgan fingerprint density at radius 1 is 1.60 bits per heavy atom. The van der Waals surface area contributed by atoms with Gasteiger partial charge in [0.2, 0.25) is 10.0 Å². The van der Waals surface area contributed by atoms with Gasteiger partial charge in [-0.15, -0.1) is 11.3 Å². The zero-order valence-electron chi connectivity index (χ0n) is 4.74. The molecule has 0 fully saturated rings. The first-order chi connectivity index (χ1) is 4.50. The van der Waals surface area contributed by atoms with E-state index in [9.17, 15) is 8.42 Å². The van der Waals surface area contributed by atoms with Gasteiger partial charge in [-0.3, -0.25) is 0 Å². The van der Waals surface area contributed by atoms with Gasteiger partial charge in [-0.2, -0.15) is 0 Å². The molecule has 1 rings (SSSR count). The van der Waals surface area contributed by atoms with Crippen molar-refractivity contribution in [3.05, 3.63) is 16.5 Å². The van der Waals surface area contributed by atoms with Gasteiger partial charge in [-0.1, -0.05) is 11.6 Å². The molecule has 3 nitrogen and oxygen atoms in total. The van der Waals surface area contributed by atoms with Gasteiger partial charge in [0.05, 0.1) is 5.02 Å². The van der Waals surface area contributed by atoms with E-state index >= 15 is 0 Å². The van der Waals surface area contributed by atoms with Crippen LogP contribution in [0.3, 0.4) is 0 Å². The van der Waals surface area contributed by atoms with Gasteiger partial charge in [-0.25, -0.2) is 13.6 Å². The molecule has 0 unspecified atom stereocenters. The van der Waals surface area contributed by atoms with E-state index in [4.69, 9.17) is 16.7 Å². The van der Waals surface area contributed by atoms with Gasteiger partial charge < -0.3 is 0 Å². The van der Waals surface area contributed by atoms with Crippen molar-refractivity contribution in [2.45, 2.75) is 4.21 Å². The van der Waals surface area contributed by atoms with E-state index < -0.39 is 10.0 Å². The quantitative estimate of drug-likeness (QED) is 0.732. The van der Waals surface area contributed by atoms with Crippen LogP contribution in [-0.4, -0.2) is 8.42 Å². The van der Waals surface area contributed by atoms with E-state index in [-0.39, 0.29) is 4.21 Å². The molecule has 0 bridgehead atoms. The maximum atomic E-state index is 10.6. The molecular weight excluding hydrogens is 194 g/mol. The Kier molecular flexibility index (Phi) is 2.00. The molecular formula is C4H4ClNO2S2. The third-order valence-electron chi connectivity index (χ3n) is 0.824. The van der Waals surface area contributed by atoms with Crippen LogP contribution in [0.2, 0.25) is 5.02 Å². The lowest BCUT2D eigenvalue weighted by atomic mass is 10.7. The van der Waals surface area contributed by atoms with Gasteiger partial charge in [0, 0.05) is 5.38 Å². The molecule has 0 radical (unpaired) electrons. The second-order valence-electron chi connectivity index (χ2n) is 1.63. The van der Waals surface area contributed by atoms with Crippen molar-refractivity contribution in [3.8, 4) is 0 Å². The Labute approximate surface area is 67.5 Å². The highest BCUT2D eigenvalue weighted by Crippen LogP contribution is 2.21. The number of hydrogen-bond acceptors (Lipinski definition) is 3. The second kappa shape index (κ2) is 2.50. The van der Waals surface area contributed by atoms with E-state index in [1.165, 1.54) is 11.4 Å². The Hall–Kier alpha value is -0.100. The van der Waals surface area contributed by atoms with Crippen LogP contribution in [0.1, 0.15) is 0 Å². The fourth-order valence-electron chi connectivity index (χ4n) is 0.444. The van der Waals surface area contributed by atoms with E-state index in [1.807, 2.05) is 0 Å². The standard InChI is InChI=1S/C4H4ClNO2S2/c5-3-1-4(9-2-3)10(6,7)8/h1-2H,(H2,6,7,8). The summed E-state index contributed by atoms with van der Waals surface area (Å²) in [6.07, 6.45) is 0. The van der Waals surface area contributed by atoms with Crippen LogP contribution < -0.4 is 5.14 Å². The first-order valence-electron chi connectivity index (χ1n) is 2.27. The molecule has 10 heavy (non-hydrogen) atoms. The maximum Gasteiger partial charge on any atom is 0.247 e. The van der Waals surface area contributed by atoms with Crippen LogP contribution in [0, 0.1) is 0 Å². The molecule has 0 aromatic carbocycles. The molecule has 0 saturated heterocycles. The predicted octanol–water partition coefficient (Wildman–Crippen LogP) is 1.05. The first-order valence-corrected chi connectivity index (χ1v) is 5.07. The van der Waals surface area contributed by atoms with Crippen LogP contribution in [0.25, 0.3) is 0 Å². The number of hydrogen-bond donors (Lipinski definition) is 1. The fourth-order valence-corrected chi connectivity index (χ4v) is 2.28. The normalized spacial score (nSPS) is 11.8. The highest BCUT2D eigenvalue weighted by atomic mass is 35.5. The SMILES string of the molecule is NS(=O)(=O)c1cc(Cl)cs1. The molecule has 0 atom stereocenters. The largest absolute Gasteiger partial charge is 0.247 e. The van der Waals surface area contributed by atoms with Gasteiger partial charge in [0.25, 0.3) is 0 Å². The number of sulfonamides is 1. The summed E-state index contributed by atoms with van der Waals surface area (Å²) < 4.78 is 21.2. The van der Waals surface area contributed by atoms with Crippen molar-refractivity contribution in [2.24, 2.45) is 5.14 Å². The smallest absolute Gasteiger partial charge is 0.224 e. The summed E-state index contributed by atoms with van der Waals surface area (Å²) in [7, 11) is -3.55. The predicted molar refractivity (Wildman–Crippen MR) is 40.7 cm³/mol. The highest BCUT2D eigenvalue weighted by Gasteiger charge is 2.09. The number of primary sulfonamides is 1. The first kappa shape index (κ1) is 8.00. The molecule has 6 heteroatoms. The number of thiophene rings is 1. The zero-order chi connectivity index (χ0) is 7.78. The fraction of sp³-hybridized carbons (Fsp3) is 0. The highest BCUT2D eigenvalue weighted by molar-refractivity contribution is 7.91. The molecule has 0 spiro atoms. The van der Waals surface area contributed by atoms with Crippen molar-refractivity contribution in [1.82, 2.24) is 0 Å². The third-order valence-corrected chi connectivity index (χ3v) is 3.56. The summed E-state index contributed by atoms with van der Waals surface area (Å²) in [5, 5.41) is 6.71. The second-order valence-corrected chi connectivity index (χ2v) is 4.76. The lowest BCUT2D eigenvalue weighted by Crippen LogP contribution is -2.09. The van der Waals surface area contributed by atoms with Crippen molar-refractivity contribution < 1.29 is 8.42 Å². The Morgan fingerprint density at radius 3 is 2.40 bits per heavy atom. The summed E-state index contributed by atoms with van der Waals surface area (Å²) in [5.74, 6) is 0. The van der Waals surface area contributed by atoms with Crippen molar-refractivity contribution >= 4 is 33.0 Å². The van der Waals surface area contributed by atoms with Crippen molar-refractivity contribution in [2.75, 3.05) is 0 Å². The van der Waals surface area contributed by atoms with Crippen LogP contribution >= 0.6 is 22.9 Å². The molecule has 1 aromatic rings. The minimum absolute atomic E-state index is 0.0949. The average Bonchev–Trinajstić information content (AvgIpc) is 2.11. The molecule has 0 saturated carbocycles. The van der Waals surface area contributed by atoms with E-state index in [1.54, 1.807) is 0 Å². The average molecular weight is 198 g/mol. The Balaban J connectivity index is 3.21. The summed E-state index contributed by atoms with van der Waals surface area (Å²) in [4.78, 5) is 0. The van der Waals surface area contributed by atoms with E-state index in [0.29, 0.717) is 5.02 Å². The third kappa shape index (κ3) is 1.69. The molecule has 0 aliphatic heterocycles. The Bertz CT molecular complexity index is 329. The molecule has 56 valence electrons. The number of halogens is 1. The summed E-state index contributed by atoms with van der Waals surface area (Å²) in [6.45, 7) is 0. The summed E-state index contributed by atoms with van der Waals surface area (Å²) in [6, 6.07) is 1.32. The minimum atomic E-state index is -3.55. The molecule has 1 heterocycles. The lowest BCUT2D eigenvalue weighted by molar-refractivity contribution is 0.600.